The predicted molar refractivity (Wildman–Crippen MR) is 133 cm³/mol. The summed E-state index contributed by atoms with van der Waals surface area (Å²) in [6, 6.07) is 23.0. The fraction of sp³-hybridized carbons (Fsp3) is 0.370. The first-order valence-corrected chi connectivity index (χ1v) is 12.6. The lowest BCUT2D eigenvalue weighted by atomic mass is 10.1. The van der Waals surface area contributed by atoms with Crippen LogP contribution in [0.25, 0.3) is 10.8 Å². The summed E-state index contributed by atoms with van der Waals surface area (Å²) < 4.78 is 5.91. The Morgan fingerprint density at radius 2 is 1.78 bits per heavy atom. The van der Waals surface area contributed by atoms with Gasteiger partial charge >= 0.3 is 0 Å². The van der Waals surface area contributed by atoms with Crippen LogP contribution in [0.15, 0.2) is 71.6 Å². The molecule has 0 spiro atoms. The molecular weight excluding hydrogens is 416 g/mol. The molecule has 3 aromatic rings. The van der Waals surface area contributed by atoms with Crippen molar-refractivity contribution in [3.05, 3.63) is 72.3 Å². The Labute approximate surface area is 195 Å². The minimum atomic E-state index is 0.0617. The minimum Gasteiger partial charge on any atom is -0.494 e. The number of ether oxygens (including phenoxy) is 1. The van der Waals surface area contributed by atoms with E-state index in [4.69, 9.17) is 4.74 Å². The zero-order valence-electron chi connectivity index (χ0n) is 18.6. The molecule has 0 atom stereocenters. The Bertz CT molecular complexity index is 1020. The van der Waals surface area contributed by atoms with Crippen molar-refractivity contribution in [2.75, 3.05) is 32.0 Å². The van der Waals surface area contributed by atoms with Gasteiger partial charge in [0, 0.05) is 18.0 Å². The van der Waals surface area contributed by atoms with E-state index in [1.165, 1.54) is 48.7 Å². The number of amides is 1. The molecule has 1 amide bonds. The fourth-order valence-corrected chi connectivity index (χ4v) is 4.83. The van der Waals surface area contributed by atoms with Crippen LogP contribution in [0.1, 0.15) is 31.2 Å². The van der Waals surface area contributed by atoms with E-state index in [9.17, 15) is 4.79 Å². The van der Waals surface area contributed by atoms with E-state index in [0.29, 0.717) is 18.9 Å². The molecule has 1 N–H and O–H groups in total. The number of carbonyl (C=O) groups excluding carboxylic acids is 1. The fourth-order valence-electron chi connectivity index (χ4n) is 4.06. The average Bonchev–Trinajstić information content (AvgIpc) is 2.83. The molecule has 0 aromatic heterocycles. The first kappa shape index (κ1) is 22.7. The molecule has 0 unspecified atom stereocenters. The molecule has 1 aliphatic rings. The van der Waals surface area contributed by atoms with Gasteiger partial charge in [0.2, 0.25) is 5.91 Å². The Hall–Kier alpha value is -2.50. The first-order valence-electron chi connectivity index (χ1n) is 11.6. The number of hydrogen-bond acceptors (Lipinski definition) is 4. The molecule has 32 heavy (non-hydrogen) atoms. The summed E-state index contributed by atoms with van der Waals surface area (Å²) >= 11 is 1.57. The van der Waals surface area contributed by atoms with Gasteiger partial charge in [0.15, 0.2) is 0 Å². The Morgan fingerprint density at radius 1 is 0.938 bits per heavy atom. The van der Waals surface area contributed by atoms with Gasteiger partial charge in [0.25, 0.3) is 0 Å². The summed E-state index contributed by atoms with van der Waals surface area (Å²) in [5.41, 5.74) is 1.31. The van der Waals surface area contributed by atoms with Crippen LogP contribution >= 0.6 is 11.8 Å². The highest BCUT2D eigenvalue weighted by Crippen LogP contribution is 2.23. The summed E-state index contributed by atoms with van der Waals surface area (Å²) in [6.07, 6.45) is 4.77. The SMILES string of the molecule is O=C(CSc1ccc2ccccc2c1)NCCCOc1cccc(CN2CCCCC2)c1. The van der Waals surface area contributed by atoms with Crippen LogP contribution in [0.2, 0.25) is 0 Å². The third kappa shape index (κ3) is 7.01. The van der Waals surface area contributed by atoms with Crippen LogP contribution in [-0.4, -0.2) is 42.8 Å². The van der Waals surface area contributed by atoms with Gasteiger partial charge in [-0.25, -0.2) is 0 Å². The lowest BCUT2D eigenvalue weighted by Crippen LogP contribution is -2.29. The molecule has 3 aromatic carbocycles. The van der Waals surface area contributed by atoms with Gasteiger partial charge in [-0.05, 0) is 73.0 Å². The maximum absolute atomic E-state index is 12.2. The second kappa shape index (κ2) is 11.9. The van der Waals surface area contributed by atoms with E-state index >= 15 is 0 Å². The van der Waals surface area contributed by atoms with Crippen LogP contribution in [0, 0.1) is 0 Å². The van der Waals surface area contributed by atoms with Crippen molar-refractivity contribution in [1.29, 1.82) is 0 Å². The highest BCUT2D eigenvalue weighted by atomic mass is 32.2. The normalized spacial score (nSPS) is 14.4. The van der Waals surface area contributed by atoms with E-state index in [-0.39, 0.29) is 5.91 Å². The molecule has 0 aliphatic carbocycles. The molecule has 4 rings (SSSR count). The van der Waals surface area contributed by atoms with Crippen molar-refractivity contribution >= 4 is 28.4 Å². The number of likely N-dealkylation sites (tertiary alicyclic amines) is 1. The molecule has 1 fully saturated rings. The maximum atomic E-state index is 12.2. The van der Waals surface area contributed by atoms with Crippen LogP contribution < -0.4 is 10.1 Å². The monoisotopic (exact) mass is 448 g/mol. The third-order valence-electron chi connectivity index (χ3n) is 5.76. The van der Waals surface area contributed by atoms with Crippen LogP contribution in [0.5, 0.6) is 5.75 Å². The van der Waals surface area contributed by atoms with Gasteiger partial charge < -0.3 is 10.1 Å². The molecule has 0 radical (unpaired) electrons. The largest absolute Gasteiger partial charge is 0.494 e. The third-order valence-corrected chi connectivity index (χ3v) is 6.75. The summed E-state index contributed by atoms with van der Waals surface area (Å²) in [4.78, 5) is 15.8. The van der Waals surface area contributed by atoms with Crippen LogP contribution in [0.4, 0.5) is 0 Å². The average molecular weight is 449 g/mol. The van der Waals surface area contributed by atoms with Crippen molar-refractivity contribution in [2.24, 2.45) is 0 Å². The molecule has 0 bridgehead atoms. The predicted octanol–water partition coefficient (Wildman–Crippen LogP) is 5.50. The van der Waals surface area contributed by atoms with Crippen LogP contribution in [0.3, 0.4) is 0 Å². The zero-order valence-corrected chi connectivity index (χ0v) is 19.4. The molecule has 0 saturated carbocycles. The number of piperidine rings is 1. The lowest BCUT2D eigenvalue weighted by Gasteiger charge is -2.26. The van der Waals surface area contributed by atoms with Gasteiger partial charge in [-0.1, -0.05) is 48.9 Å². The summed E-state index contributed by atoms with van der Waals surface area (Å²) in [7, 11) is 0. The van der Waals surface area contributed by atoms with Crippen molar-refractivity contribution < 1.29 is 9.53 Å². The van der Waals surface area contributed by atoms with Gasteiger partial charge in [0.05, 0.1) is 12.4 Å². The van der Waals surface area contributed by atoms with E-state index in [2.05, 4.69) is 58.7 Å². The number of rotatable bonds is 10. The number of fused-ring (bicyclic) bond motifs is 1. The second-order valence-electron chi connectivity index (χ2n) is 8.33. The molecule has 4 nitrogen and oxygen atoms in total. The van der Waals surface area contributed by atoms with Crippen molar-refractivity contribution in [3.8, 4) is 5.75 Å². The number of thioether (sulfide) groups is 1. The Morgan fingerprint density at radius 3 is 2.66 bits per heavy atom. The van der Waals surface area contributed by atoms with E-state index in [1.807, 2.05) is 18.2 Å². The summed E-state index contributed by atoms with van der Waals surface area (Å²) in [6.45, 7) is 4.63. The lowest BCUT2D eigenvalue weighted by molar-refractivity contribution is -0.118. The van der Waals surface area contributed by atoms with Gasteiger partial charge in [-0.3, -0.25) is 9.69 Å². The van der Waals surface area contributed by atoms with Crippen molar-refractivity contribution in [3.63, 3.8) is 0 Å². The van der Waals surface area contributed by atoms with Gasteiger partial charge in [-0.15, -0.1) is 11.8 Å². The highest BCUT2D eigenvalue weighted by molar-refractivity contribution is 8.00. The first-order chi connectivity index (χ1) is 15.8. The molecular formula is C27H32N2O2S. The summed E-state index contributed by atoms with van der Waals surface area (Å²) in [5, 5.41) is 5.42. The number of carbonyl (C=O) groups is 1. The number of nitrogens with zero attached hydrogens (tertiary/aromatic N) is 1. The maximum Gasteiger partial charge on any atom is 0.230 e. The van der Waals surface area contributed by atoms with Gasteiger partial charge in [0.1, 0.15) is 5.75 Å². The number of nitrogens with one attached hydrogen (secondary N) is 1. The molecule has 5 heteroatoms. The Kier molecular flexibility index (Phi) is 8.46. The van der Waals surface area contributed by atoms with Crippen molar-refractivity contribution in [2.45, 2.75) is 37.1 Å². The zero-order chi connectivity index (χ0) is 22.0. The topological polar surface area (TPSA) is 41.6 Å². The quantitative estimate of drug-likeness (QED) is 0.328. The van der Waals surface area contributed by atoms with Gasteiger partial charge in [-0.2, -0.15) is 0 Å². The second-order valence-corrected chi connectivity index (χ2v) is 9.38. The number of hydrogen-bond donors (Lipinski definition) is 1. The molecule has 1 saturated heterocycles. The Balaban J connectivity index is 1.12. The highest BCUT2D eigenvalue weighted by Gasteiger charge is 2.10. The van der Waals surface area contributed by atoms with E-state index < -0.39 is 0 Å². The molecule has 1 heterocycles. The smallest absolute Gasteiger partial charge is 0.230 e. The number of benzene rings is 3. The van der Waals surface area contributed by atoms with Crippen LogP contribution in [-0.2, 0) is 11.3 Å². The molecule has 168 valence electrons. The van der Waals surface area contributed by atoms with E-state index in [0.717, 1.165) is 23.6 Å². The summed E-state index contributed by atoms with van der Waals surface area (Å²) in [5.74, 6) is 1.40. The minimum absolute atomic E-state index is 0.0617. The molecule has 1 aliphatic heterocycles. The standard InChI is InChI=1S/C27H32N2O2S/c30-27(21-32-26-13-12-23-9-2-3-10-24(23)19-26)28-14-7-17-31-25-11-6-8-22(18-25)20-29-15-4-1-5-16-29/h2-3,6,8-13,18-19H,1,4-5,7,14-17,20-21H2,(H,28,30). The van der Waals surface area contributed by atoms with Crippen molar-refractivity contribution in [1.82, 2.24) is 10.2 Å². The van der Waals surface area contributed by atoms with E-state index in [1.54, 1.807) is 11.8 Å².